The maximum atomic E-state index is 11.6. The van der Waals surface area contributed by atoms with Crippen LogP contribution in [0.1, 0.15) is 20.7 Å². The first-order chi connectivity index (χ1) is 10.6. The zero-order valence-corrected chi connectivity index (χ0v) is 12.1. The van der Waals surface area contributed by atoms with Crippen LogP contribution in [0.15, 0.2) is 42.5 Å². The molecule has 2 N–H and O–H groups in total. The summed E-state index contributed by atoms with van der Waals surface area (Å²) in [5, 5.41) is 12.2. The van der Waals surface area contributed by atoms with Crippen LogP contribution in [0, 0.1) is 0 Å². The van der Waals surface area contributed by atoms with Gasteiger partial charge in [-0.3, -0.25) is 0 Å². The molecule has 0 aromatic heterocycles. The van der Waals surface area contributed by atoms with Gasteiger partial charge in [0.1, 0.15) is 5.75 Å². The van der Waals surface area contributed by atoms with Crippen molar-refractivity contribution < 1.29 is 24.2 Å². The first kappa shape index (κ1) is 15.4. The van der Waals surface area contributed by atoms with Gasteiger partial charge in [0.25, 0.3) is 0 Å². The van der Waals surface area contributed by atoms with E-state index >= 15 is 0 Å². The summed E-state index contributed by atoms with van der Waals surface area (Å²) in [7, 11) is 2.78. The summed E-state index contributed by atoms with van der Waals surface area (Å²) in [6.45, 7) is 0. The predicted octanol–water partition coefficient (Wildman–Crippen LogP) is 2.92. The van der Waals surface area contributed by atoms with Gasteiger partial charge in [0, 0.05) is 0 Å². The van der Waals surface area contributed by atoms with E-state index in [0.717, 1.165) is 0 Å². The van der Waals surface area contributed by atoms with Gasteiger partial charge in [0.15, 0.2) is 0 Å². The topological polar surface area (TPSA) is 84.9 Å². The highest BCUT2D eigenvalue weighted by Crippen LogP contribution is 2.30. The Morgan fingerprint density at radius 1 is 1.05 bits per heavy atom. The minimum Gasteiger partial charge on any atom is -0.495 e. The Kier molecular flexibility index (Phi) is 4.63. The molecule has 0 saturated carbocycles. The van der Waals surface area contributed by atoms with Crippen LogP contribution in [0.5, 0.6) is 5.75 Å². The van der Waals surface area contributed by atoms with Crippen LogP contribution in [0.25, 0.3) is 0 Å². The average Bonchev–Trinajstić information content (AvgIpc) is 2.54. The third-order valence-electron chi connectivity index (χ3n) is 3.05. The second-order valence-electron chi connectivity index (χ2n) is 4.38. The number of carbonyl (C=O) groups is 2. The van der Waals surface area contributed by atoms with Crippen molar-refractivity contribution in [3.8, 4) is 5.75 Å². The third-order valence-corrected chi connectivity index (χ3v) is 3.05. The lowest BCUT2D eigenvalue weighted by Crippen LogP contribution is -2.05. The zero-order valence-electron chi connectivity index (χ0n) is 12.1. The number of hydrogen-bond donors (Lipinski definition) is 2. The van der Waals surface area contributed by atoms with Crippen LogP contribution in [-0.2, 0) is 4.74 Å². The molecule has 2 aromatic carbocycles. The molecular formula is C16H15NO5. The molecule has 0 radical (unpaired) electrons. The molecule has 0 atom stereocenters. The van der Waals surface area contributed by atoms with Crippen molar-refractivity contribution in [3.63, 3.8) is 0 Å². The van der Waals surface area contributed by atoms with Gasteiger partial charge < -0.3 is 19.9 Å². The van der Waals surface area contributed by atoms with E-state index in [-0.39, 0.29) is 5.56 Å². The lowest BCUT2D eigenvalue weighted by Gasteiger charge is -2.14. The molecule has 0 aliphatic heterocycles. The molecule has 22 heavy (non-hydrogen) atoms. The molecule has 0 aliphatic rings. The fourth-order valence-electron chi connectivity index (χ4n) is 1.97. The van der Waals surface area contributed by atoms with Crippen LogP contribution in [0.2, 0.25) is 0 Å². The van der Waals surface area contributed by atoms with Crippen LogP contribution >= 0.6 is 0 Å². The first-order valence-corrected chi connectivity index (χ1v) is 6.42. The Balaban J connectivity index is 2.44. The Bertz CT molecular complexity index is 711. The van der Waals surface area contributed by atoms with Crippen molar-refractivity contribution >= 4 is 23.3 Å². The number of carboxylic acid groups (broad SMARTS) is 1. The molecule has 2 aromatic rings. The fourth-order valence-corrected chi connectivity index (χ4v) is 1.97. The molecule has 0 saturated heterocycles. The number of benzene rings is 2. The number of carboxylic acids is 1. The SMILES string of the molecule is COC(=O)c1ccc(OC)c(Nc2ccccc2C(=O)O)c1. The summed E-state index contributed by atoms with van der Waals surface area (Å²) in [6.07, 6.45) is 0. The van der Waals surface area contributed by atoms with Crippen LogP contribution in [0.4, 0.5) is 11.4 Å². The normalized spacial score (nSPS) is 9.91. The van der Waals surface area contributed by atoms with Crippen molar-refractivity contribution in [1.82, 2.24) is 0 Å². The Morgan fingerprint density at radius 2 is 1.77 bits per heavy atom. The number of carbonyl (C=O) groups excluding carboxylic acids is 1. The van der Waals surface area contributed by atoms with Gasteiger partial charge in [-0.1, -0.05) is 12.1 Å². The van der Waals surface area contributed by atoms with Crippen molar-refractivity contribution in [2.24, 2.45) is 0 Å². The first-order valence-electron chi connectivity index (χ1n) is 6.42. The summed E-state index contributed by atoms with van der Waals surface area (Å²) >= 11 is 0. The number of rotatable bonds is 5. The number of esters is 1. The summed E-state index contributed by atoms with van der Waals surface area (Å²) < 4.78 is 9.90. The lowest BCUT2D eigenvalue weighted by molar-refractivity contribution is 0.0599. The summed E-state index contributed by atoms with van der Waals surface area (Å²) in [5.41, 5.74) is 1.32. The third kappa shape index (κ3) is 3.17. The van der Waals surface area contributed by atoms with Crippen molar-refractivity contribution in [3.05, 3.63) is 53.6 Å². The Labute approximate surface area is 127 Å². The molecule has 0 fully saturated rings. The van der Waals surface area contributed by atoms with E-state index < -0.39 is 11.9 Å². The highest BCUT2D eigenvalue weighted by Gasteiger charge is 2.14. The Morgan fingerprint density at radius 3 is 2.41 bits per heavy atom. The minimum atomic E-state index is -1.05. The number of methoxy groups -OCH3 is 2. The second kappa shape index (κ2) is 6.62. The van der Waals surface area contributed by atoms with Crippen molar-refractivity contribution in [2.75, 3.05) is 19.5 Å². The summed E-state index contributed by atoms with van der Waals surface area (Å²) in [5.74, 6) is -1.06. The summed E-state index contributed by atoms with van der Waals surface area (Å²) in [4.78, 5) is 22.9. The molecule has 0 unspecified atom stereocenters. The minimum absolute atomic E-state index is 0.119. The van der Waals surface area contributed by atoms with Crippen molar-refractivity contribution in [1.29, 1.82) is 0 Å². The molecular weight excluding hydrogens is 286 g/mol. The van der Waals surface area contributed by atoms with Gasteiger partial charge in [-0.05, 0) is 30.3 Å². The lowest BCUT2D eigenvalue weighted by atomic mass is 10.1. The van der Waals surface area contributed by atoms with Gasteiger partial charge in [-0.2, -0.15) is 0 Å². The number of hydrogen-bond acceptors (Lipinski definition) is 5. The number of ether oxygens (including phenoxy) is 2. The number of para-hydroxylation sites is 1. The van der Waals surface area contributed by atoms with Gasteiger partial charge in [0.05, 0.1) is 36.7 Å². The van der Waals surface area contributed by atoms with E-state index in [4.69, 9.17) is 4.74 Å². The summed E-state index contributed by atoms with van der Waals surface area (Å²) in [6, 6.07) is 11.2. The molecule has 6 heteroatoms. The molecule has 0 bridgehead atoms. The molecule has 0 amide bonds. The largest absolute Gasteiger partial charge is 0.495 e. The van der Waals surface area contributed by atoms with E-state index in [1.165, 1.54) is 20.3 Å². The number of anilines is 2. The highest BCUT2D eigenvalue weighted by molar-refractivity contribution is 5.96. The van der Waals surface area contributed by atoms with E-state index in [9.17, 15) is 14.7 Å². The number of aromatic carboxylic acids is 1. The van der Waals surface area contributed by atoms with Crippen LogP contribution < -0.4 is 10.1 Å². The van der Waals surface area contributed by atoms with Gasteiger partial charge in [-0.15, -0.1) is 0 Å². The van der Waals surface area contributed by atoms with Gasteiger partial charge in [0.2, 0.25) is 0 Å². The fraction of sp³-hybridized carbons (Fsp3) is 0.125. The van der Waals surface area contributed by atoms with E-state index in [1.807, 2.05) is 0 Å². The van der Waals surface area contributed by atoms with E-state index in [2.05, 4.69) is 10.1 Å². The standard InChI is InChI=1S/C16H15NO5/c1-21-14-8-7-10(16(20)22-2)9-13(14)17-12-6-4-3-5-11(12)15(18)19/h3-9,17H,1-2H3,(H,18,19). The maximum Gasteiger partial charge on any atom is 0.337 e. The zero-order chi connectivity index (χ0) is 16.1. The Hall–Kier alpha value is -3.02. The molecule has 6 nitrogen and oxygen atoms in total. The van der Waals surface area contributed by atoms with Crippen LogP contribution in [-0.4, -0.2) is 31.3 Å². The predicted molar refractivity (Wildman–Crippen MR) is 81.0 cm³/mol. The quantitative estimate of drug-likeness (QED) is 0.826. The monoisotopic (exact) mass is 301 g/mol. The molecule has 0 aliphatic carbocycles. The van der Waals surface area contributed by atoms with Gasteiger partial charge in [-0.25, -0.2) is 9.59 Å². The van der Waals surface area contributed by atoms with Crippen LogP contribution in [0.3, 0.4) is 0 Å². The average molecular weight is 301 g/mol. The number of nitrogens with one attached hydrogen (secondary N) is 1. The smallest absolute Gasteiger partial charge is 0.337 e. The van der Waals surface area contributed by atoms with E-state index in [1.54, 1.807) is 36.4 Å². The van der Waals surface area contributed by atoms with E-state index in [0.29, 0.717) is 22.7 Å². The molecule has 0 spiro atoms. The molecule has 114 valence electrons. The highest BCUT2D eigenvalue weighted by atomic mass is 16.5. The van der Waals surface area contributed by atoms with Gasteiger partial charge >= 0.3 is 11.9 Å². The maximum absolute atomic E-state index is 11.6. The molecule has 2 rings (SSSR count). The molecule has 0 heterocycles. The second-order valence-corrected chi connectivity index (χ2v) is 4.38. The van der Waals surface area contributed by atoms with Crippen molar-refractivity contribution in [2.45, 2.75) is 0 Å².